The molecule has 4 aromatic rings. The van der Waals surface area contributed by atoms with Crippen molar-refractivity contribution in [1.29, 1.82) is 0 Å². The Hall–Kier alpha value is -3.18. The minimum Gasteiger partial charge on any atom is -0.465 e. The zero-order chi connectivity index (χ0) is 26.1. The first-order valence-corrected chi connectivity index (χ1v) is 13.7. The summed E-state index contributed by atoms with van der Waals surface area (Å²) in [5, 5.41) is 4.55. The fraction of sp³-hybridized carbons (Fsp3) is 0.385. The SMILES string of the molecule is COC(=O)c1sc(-c2ccc(-c3cc4ncccn4n3)s2)cc1N(CC(F)F)C(=O)C1CCC(C)CC1. The van der Waals surface area contributed by atoms with Gasteiger partial charge in [0, 0.05) is 34.1 Å². The number of fused-ring (bicyclic) bond motifs is 1. The number of ether oxygens (including phenoxy) is 1. The molecule has 0 unspecified atom stereocenters. The van der Waals surface area contributed by atoms with Gasteiger partial charge in [0.05, 0.1) is 24.2 Å². The molecular weight excluding hydrogens is 518 g/mol. The average molecular weight is 545 g/mol. The maximum Gasteiger partial charge on any atom is 0.350 e. The first kappa shape index (κ1) is 25.5. The van der Waals surface area contributed by atoms with E-state index in [9.17, 15) is 18.4 Å². The lowest BCUT2D eigenvalue weighted by atomic mass is 9.82. The number of nitrogens with zero attached hydrogens (tertiary/aromatic N) is 4. The highest BCUT2D eigenvalue weighted by Crippen LogP contribution is 2.43. The maximum atomic E-state index is 13.7. The quantitative estimate of drug-likeness (QED) is 0.252. The van der Waals surface area contributed by atoms with E-state index < -0.39 is 18.9 Å². The highest BCUT2D eigenvalue weighted by Gasteiger charge is 2.34. The predicted molar refractivity (Wildman–Crippen MR) is 140 cm³/mol. The number of halogens is 2. The van der Waals surface area contributed by atoms with Gasteiger partial charge in [-0.05, 0) is 55.9 Å². The largest absolute Gasteiger partial charge is 0.465 e. The highest BCUT2D eigenvalue weighted by atomic mass is 32.1. The summed E-state index contributed by atoms with van der Waals surface area (Å²) in [5.41, 5.74) is 1.65. The van der Waals surface area contributed by atoms with Crippen LogP contribution in [0.15, 0.2) is 42.7 Å². The van der Waals surface area contributed by atoms with Crippen molar-refractivity contribution in [1.82, 2.24) is 14.6 Å². The van der Waals surface area contributed by atoms with Crippen LogP contribution in [0.4, 0.5) is 14.5 Å². The molecule has 37 heavy (non-hydrogen) atoms. The normalized spacial score (nSPS) is 17.9. The Kier molecular flexibility index (Phi) is 7.34. The van der Waals surface area contributed by atoms with Crippen LogP contribution in [-0.2, 0) is 9.53 Å². The second-order valence-corrected chi connectivity index (χ2v) is 11.4. The molecule has 0 N–H and O–H groups in total. The lowest BCUT2D eigenvalue weighted by molar-refractivity contribution is -0.124. The molecular formula is C26H26F2N4O3S2. The third-order valence-electron chi connectivity index (χ3n) is 6.66. The number of hydrogen-bond acceptors (Lipinski definition) is 7. The number of thiophene rings is 2. The molecule has 0 atom stereocenters. The Balaban J connectivity index is 1.50. The summed E-state index contributed by atoms with van der Waals surface area (Å²) in [6, 6.07) is 9.15. The molecule has 7 nitrogen and oxygen atoms in total. The molecule has 1 saturated carbocycles. The summed E-state index contributed by atoms with van der Waals surface area (Å²) in [5.74, 6) is -0.826. The molecule has 0 saturated heterocycles. The van der Waals surface area contributed by atoms with Gasteiger partial charge in [0.15, 0.2) is 5.65 Å². The minimum absolute atomic E-state index is 0.141. The van der Waals surface area contributed by atoms with Gasteiger partial charge in [-0.25, -0.2) is 23.1 Å². The van der Waals surface area contributed by atoms with Crippen molar-refractivity contribution in [3.8, 4) is 20.3 Å². The smallest absolute Gasteiger partial charge is 0.350 e. The van der Waals surface area contributed by atoms with Crippen LogP contribution in [0.2, 0.25) is 0 Å². The highest BCUT2D eigenvalue weighted by molar-refractivity contribution is 7.24. The van der Waals surface area contributed by atoms with E-state index in [0.29, 0.717) is 23.6 Å². The van der Waals surface area contributed by atoms with E-state index >= 15 is 0 Å². The van der Waals surface area contributed by atoms with Crippen molar-refractivity contribution < 1.29 is 23.1 Å². The number of amides is 1. The number of rotatable bonds is 7. The second-order valence-electron chi connectivity index (χ2n) is 9.23. The number of anilines is 1. The number of esters is 1. The molecule has 11 heteroatoms. The van der Waals surface area contributed by atoms with Gasteiger partial charge in [-0.2, -0.15) is 5.10 Å². The van der Waals surface area contributed by atoms with E-state index in [0.717, 1.165) is 50.2 Å². The van der Waals surface area contributed by atoms with Gasteiger partial charge in [0.1, 0.15) is 10.6 Å². The molecule has 0 spiro atoms. The summed E-state index contributed by atoms with van der Waals surface area (Å²) < 4.78 is 34.0. The van der Waals surface area contributed by atoms with E-state index in [2.05, 4.69) is 17.0 Å². The third-order valence-corrected chi connectivity index (χ3v) is 9.07. The molecule has 1 fully saturated rings. The Morgan fingerprint density at radius 3 is 2.59 bits per heavy atom. The van der Waals surface area contributed by atoms with Gasteiger partial charge in [0.25, 0.3) is 6.43 Å². The van der Waals surface area contributed by atoms with E-state index in [1.165, 1.54) is 18.4 Å². The predicted octanol–water partition coefficient (Wildman–Crippen LogP) is 6.40. The van der Waals surface area contributed by atoms with Gasteiger partial charge in [-0.15, -0.1) is 22.7 Å². The Labute approximate surface area is 220 Å². The Morgan fingerprint density at radius 2 is 1.89 bits per heavy atom. The summed E-state index contributed by atoms with van der Waals surface area (Å²) >= 11 is 2.60. The molecule has 194 valence electrons. The number of methoxy groups -OCH3 is 1. The standard InChI is InChI=1S/C26H26F2N4O3S2/c1-15-4-6-16(7-5-15)25(33)31(14-22(27)28)18-13-21(37-24(18)26(34)35-2)20-9-8-19(36-20)17-12-23-29-10-3-11-32(23)30-17/h3,8-13,15-16,22H,4-7,14H2,1-2H3. The first-order valence-electron chi connectivity index (χ1n) is 12.1. The fourth-order valence-corrected chi connectivity index (χ4v) is 6.80. The van der Waals surface area contributed by atoms with Crippen LogP contribution in [0.3, 0.4) is 0 Å². The topological polar surface area (TPSA) is 76.8 Å². The summed E-state index contributed by atoms with van der Waals surface area (Å²) in [4.78, 5) is 34.1. The molecule has 5 rings (SSSR count). The Bertz CT molecular complexity index is 1390. The maximum absolute atomic E-state index is 13.7. The third kappa shape index (κ3) is 5.28. The van der Waals surface area contributed by atoms with Crippen LogP contribution < -0.4 is 4.90 Å². The van der Waals surface area contributed by atoms with Crippen LogP contribution in [0.5, 0.6) is 0 Å². The van der Waals surface area contributed by atoms with Crippen molar-refractivity contribution in [3.05, 3.63) is 47.6 Å². The van der Waals surface area contributed by atoms with Crippen molar-refractivity contribution >= 4 is 45.9 Å². The zero-order valence-electron chi connectivity index (χ0n) is 20.4. The van der Waals surface area contributed by atoms with E-state index in [1.807, 2.05) is 24.4 Å². The van der Waals surface area contributed by atoms with Crippen LogP contribution in [0.1, 0.15) is 42.3 Å². The van der Waals surface area contributed by atoms with Gasteiger partial charge >= 0.3 is 5.97 Å². The average Bonchev–Trinajstić information content (AvgIpc) is 3.64. The zero-order valence-corrected chi connectivity index (χ0v) is 22.0. The van der Waals surface area contributed by atoms with Gasteiger partial charge in [-0.1, -0.05) is 6.92 Å². The monoisotopic (exact) mass is 544 g/mol. The second kappa shape index (κ2) is 10.7. The van der Waals surface area contributed by atoms with Crippen molar-refractivity contribution in [3.63, 3.8) is 0 Å². The lowest BCUT2D eigenvalue weighted by Crippen LogP contribution is -2.41. The Morgan fingerprint density at radius 1 is 1.14 bits per heavy atom. The molecule has 1 aliphatic carbocycles. The van der Waals surface area contributed by atoms with Crippen LogP contribution in [0.25, 0.3) is 26.0 Å². The number of hydrogen-bond donors (Lipinski definition) is 0. The summed E-state index contributed by atoms with van der Waals surface area (Å²) in [7, 11) is 1.24. The fourth-order valence-electron chi connectivity index (χ4n) is 4.67. The molecule has 4 heterocycles. The lowest BCUT2D eigenvalue weighted by Gasteiger charge is -2.31. The molecule has 4 aromatic heterocycles. The van der Waals surface area contributed by atoms with E-state index in [1.54, 1.807) is 22.8 Å². The molecule has 1 aliphatic rings. The first-order chi connectivity index (χ1) is 17.8. The van der Waals surface area contributed by atoms with Crippen LogP contribution >= 0.6 is 22.7 Å². The molecule has 0 aliphatic heterocycles. The van der Waals surface area contributed by atoms with Crippen LogP contribution in [-0.4, -0.2) is 46.6 Å². The summed E-state index contributed by atoms with van der Waals surface area (Å²) in [6.07, 6.45) is 3.86. The van der Waals surface area contributed by atoms with Crippen molar-refractivity contribution in [2.75, 3.05) is 18.6 Å². The number of carbonyl (C=O) groups is 2. The number of aromatic nitrogens is 3. The van der Waals surface area contributed by atoms with Gasteiger partial charge in [-0.3, -0.25) is 4.79 Å². The minimum atomic E-state index is -2.74. The molecule has 0 radical (unpaired) electrons. The van der Waals surface area contributed by atoms with Gasteiger partial charge in [0.2, 0.25) is 5.91 Å². The van der Waals surface area contributed by atoms with Crippen molar-refractivity contribution in [2.45, 2.75) is 39.0 Å². The number of carbonyl (C=O) groups excluding carboxylic acids is 2. The van der Waals surface area contributed by atoms with E-state index in [4.69, 9.17) is 4.74 Å². The van der Waals surface area contributed by atoms with Crippen LogP contribution in [0, 0.1) is 11.8 Å². The van der Waals surface area contributed by atoms with Gasteiger partial charge < -0.3 is 9.64 Å². The number of alkyl halides is 2. The summed E-state index contributed by atoms with van der Waals surface area (Å²) in [6.45, 7) is 1.37. The molecule has 1 amide bonds. The van der Waals surface area contributed by atoms with E-state index in [-0.39, 0.29) is 22.4 Å². The molecule has 0 aromatic carbocycles. The van der Waals surface area contributed by atoms with Crippen molar-refractivity contribution in [2.24, 2.45) is 11.8 Å². The molecule has 0 bridgehead atoms.